The first-order valence-electron chi connectivity index (χ1n) is 7.09. The van der Waals surface area contributed by atoms with E-state index in [1.807, 2.05) is 6.07 Å². The summed E-state index contributed by atoms with van der Waals surface area (Å²) in [5.41, 5.74) is 1.44. The maximum atomic E-state index is 5.85. The van der Waals surface area contributed by atoms with Crippen molar-refractivity contribution in [1.29, 1.82) is 0 Å². The SMILES string of the molecule is Clc1nccc(N2CCC(Cc3ccccc3)CC2)n1. The Hall–Kier alpha value is -1.61. The zero-order valence-electron chi connectivity index (χ0n) is 11.4. The van der Waals surface area contributed by atoms with Crippen LogP contribution in [0.15, 0.2) is 42.6 Å². The Balaban J connectivity index is 1.57. The van der Waals surface area contributed by atoms with E-state index >= 15 is 0 Å². The molecule has 20 heavy (non-hydrogen) atoms. The van der Waals surface area contributed by atoms with Gasteiger partial charge in [0.25, 0.3) is 0 Å². The van der Waals surface area contributed by atoms with Gasteiger partial charge in [0, 0.05) is 19.3 Å². The van der Waals surface area contributed by atoms with E-state index in [0.29, 0.717) is 5.28 Å². The second-order valence-electron chi connectivity index (χ2n) is 5.30. The summed E-state index contributed by atoms with van der Waals surface area (Å²) in [5.74, 6) is 1.72. The van der Waals surface area contributed by atoms with E-state index in [0.717, 1.165) is 24.8 Å². The fourth-order valence-electron chi connectivity index (χ4n) is 2.82. The zero-order valence-corrected chi connectivity index (χ0v) is 12.1. The van der Waals surface area contributed by atoms with Crippen molar-refractivity contribution in [3.63, 3.8) is 0 Å². The van der Waals surface area contributed by atoms with Crippen molar-refractivity contribution in [2.45, 2.75) is 19.3 Å². The molecule has 1 fully saturated rings. The number of rotatable bonds is 3. The van der Waals surface area contributed by atoms with Gasteiger partial charge < -0.3 is 4.90 Å². The second-order valence-corrected chi connectivity index (χ2v) is 5.64. The molecule has 104 valence electrons. The van der Waals surface area contributed by atoms with Crippen LogP contribution in [0.2, 0.25) is 5.28 Å². The molecule has 3 nitrogen and oxygen atoms in total. The minimum atomic E-state index is 0.328. The van der Waals surface area contributed by atoms with Gasteiger partial charge in [-0.15, -0.1) is 0 Å². The summed E-state index contributed by atoms with van der Waals surface area (Å²) in [6.07, 6.45) is 5.31. The monoisotopic (exact) mass is 287 g/mol. The van der Waals surface area contributed by atoms with E-state index in [1.54, 1.807) is 6.20 Å². The van der Waals surface area contributed by atoms with E-state index in [4.69, 9.17) is 11.6 Å². The van der Waals surface area contributed by atoms with Gasteiger partial charge in [-0.1, -0.05) is 30.3 Å². The predicted molar refractivity (Wildman–Crippen MR) is 82.1 cm³/mol. The smallest absolute Gasteiger partial charge is 0.224 e. The van der Waals surface area contributed by atoms with Crippen molar-refractivity contribution in [2.24, 2.45) is 5.92 Å². The average molecular weight is 288 g/mol. The lowest BCUT2D eigenvalue weighted by atomic mass is 9.90. The Morgan fingerprint density at radius 3 is 2.55 bits per heavy atom. The summed E-state index contributed by atoms with van der Waals surface area (Å²) >= 11 is 5.85. The van der Waals surface area contributed by atoms with Gasteiger partial charge in [0.1, 0.15) is 5.82 Å². The quantitative estimate of drug-likeness (QED) is 0.808. The summed E-state index contributed by atoms with van der Waals surface area (Å²) in [4.78, 5) is 10.5. The van der Waals surface area contributed by atoms with Crippen molar-refractivity contribution >= 4 is 17.4 Å². The van der Waals surface area contributed by atoms with Gasteiger partial charge in [-0.25, -0.2) is 9.97 Å². The molecule has 1 aromatic heterocycles. The van der Waals surface area contributed by atoms with E-state index < -0.39 is 0 Å². The minimum Gasteiger partial charge on any atom is -0.356 e. The molecule has 4 heteroatoms. The highest BCUT2D eigenvalue weighted by Gasteiger charge is 2.20. The van der Waals surface area contributed by atoms with Crippen LogP contribution < -0.4 is 4.90 Å². The molecular weight excluding hydrogens is 270 g/mol. The molecule has 2 heterocycles. The van der Waals surface area contributed by atoms with Crippen LogP contribution in [-0.2, 0) is 6.42 Å². The van der Waals surface area contributed by atoms with Gasteiger partial charge in [-0.05, 0) is 48.4 Å². The van der Waals surface area contributed by atoms with E-state index in [-0.39, 0.29) is 0 Å². The van der Waals surface area contributed by atoms with Crippen molar-refractivity contribution in [3.8, 4) is 0 Å². The van der Waals surface area contributed by atoms with Crippen LogP contribution in [0.4, 0.5) is 5.82 Å². The molecule has 1 saturated heterocycles. The van der Waals surface area contributed by atoms with Gasteiger partial charge in [0.15, 0.2) is 0 Å². The molecule has 0 bridgehead atoms. The molecule has 1 aliphatic heterocycles. The molecule has 2 aromatic rings. The van der Waals surface area contributed by atoms with Crippen LogP contribution in [0, 0.1) is 5.92 Å². The Bertz CT molecular complexity index is 551. The van der Waals surface area contributed by atoms with Crippen molar-refractivity contribution in [2.75, 3.05) is 18.0 Å². The molecular formula is C16H18ClN3. The highest BCUT2D eigenvalue weighted by molar-refractivity contribution is 6.28. The van der Waals surface area contributed by atoms with Gasteiger partial charge in [0.2, 0.25) is 5.28 Å². The van der Waals surface area contributed by atoms with Crippen molar-refractivity contribution < 1.29 is 0 Å². The second kappa shape index (κ2) is 6.23. The van der Waals surface area contributed by atoms with E-state index in [2.05, 4.69) is 45.2 Å². The normalized spacial score (nSPS) is 16.4. The van der Waals surface area contributed by atoms with E-state index in [9.17, 15) is 0 Å². The first-order valence-corrected chi connectivity index (χ1v) is 7.46. The fourth-order valence-corrected chi connectivity index (χ4v) is 2.96. The standard InChI is InChI=1S/C16H18ClN3/c17-16-18-9-6-15(19-16)20-10-7-14(8-11-20)12-13-4-2-1-3-5-13/h1-6,9,14H,7-8,10-12H2. The van der Waals surface area contributed by atoms with Gasteiger partial charge >= 0.3 is 0 Å². The molecule has 0 spiro atoms. The molecule has 1 aliphatic rings. The molecule has 0 aliphatic carbocycles. The fraction of sp³-hybridized carbons (Fsp3) is 0.375. The molecule has 0 unspecified atom stereocenters. The van der Waals surface area contributed by atoms with Crippen LogP contribution >= 0.6 is 11.6 Å². The summed E-state index contributed by atoms with van der Waals surface area (Å²) in [5, 5.41) is 0.328. The molecule has 0 amide bonds. The third-order valence-corrected chi connectivity index (χ3v) is 4.10. The Morgan fingerprint density at radius 1 is 1.10 bits per heavy atom. The first kappa shape index (κ1) is 13.4. The molecule has 0 N–H and O–H groups in total. The molecule has 0 saturated carbocycles. The largest absolute Gasteiger partial charge is 0.356 e. The third kappa shape index (κ3) is 3.28. The van der Waals surface area contributed by atoms with Crippen LogP contribution in [-0.4, -0.2) is 23.1 Å². The minimum absolute atomic E-state index is 0.328. The van der Waals surface area contributed by atoms with Gasteiger partial charge in [0.05, 0.1) is 0 Å². The summed E-state index contributed by atoms with van der Waals surface area (Å²) in [7, 11) is 0. The number of nitrogens with zero attached hydrogens (tertiary/aromatic N) is 3. The highest BCUT2D eigenvalue weighted by atomic mass is 35.5. The number of piperidine rings is 1. The summed E-state index contributed by atoms with van der Waals surface area (Å²) < 4.78 is 0. The topological polar surface area (TPSA) is 29.0 Å². The molecule has 1 aromatic carbocycles. The van der Waals surface area contributed by atoms with Crippen molar-refractivity contribution in [1.82, 2.24) is 9.97 Å². The van der Waals surface area contributed by atoms with Gasteiger partial charge in [-0.2, -0.15) is 0 Å². The predicted octanol–water partition coefficient (Wildman–Crippen LogP) is 3.59. The number of hydrogen-bond donors (Lipinski definition) is 0. The van der Waals surface area contributed by atoms with E-state index in [1.165, 1.54) is 24.8 Å². The van der Waals surface area contributed by atoms with Gasteiger partial charge in [-0.3, -0.25) is 0 Å². The molecule has 3 rings (SSSR count). The maximum absolute atomic E-state index is 5.85. The number of anilines is 1. The molecule has 0 radical (unpaired) electrons. The zero-order chi connectivity index (χ0) is 13.8. The summed E-state index contributed by atoms with van der Waals surface area (Å²) in [6, 6.07) is 12.7. The Kier molecular flexibility index (Phi) is 4.16. The maximum Gasteiger partial charge on any atom is 0.224 e. The lowest BCUT2D eigenvalue weighted by Crippen LogP contribution is -2.34. The highest BCUT2D eigenvalue weighted by Crippen LogP contribution is 2.24. The lowest BCUT2D eigenvalue weighted by molar-refractivity contribution is 0.402. The number of benzene rings is 1. The van der Waals surface area contributed by atoms with Crippen LogP contribution in [0.3, 0.4) is 0 Å². The Morgan fingerprint density at radius 2 is 1.85 bits per heavy atom. The third-order valence-electron chi connectivity index (χ3n) is 3.92. The number of halogens is 1. The Labute approximate surface area is 124 Å². The number of aromatic nitrogens is 2. The van der Waals surface area contributed by atoms with Crippen LogP contribution in [0.25, 0.3) is 0 Å². The van der Waals surface area contributed by atoms with Crippen LogP contribution in [0.1, 0.15) is 18.4 Å². The van der Waals surface area contributed by atoms with Crippen LogP contribution in [0.5, 0.6) is 0 Å². The molecule has 0 atom stereocenters. The number of hydrogen-bond acceptors (Lipinski definition) is 3. The first-order chi connectivity index (χ1) is 9.81. The summed E-state index contributed by atoms with van der Waals surface area (Å²) in [6.45, 7) is 2.09. The average Bonchev–Trinajstić information content (AvgIpc) is 2.49. The lowest BCUT2D eigenvalue weighted by Gasteiger charge is -2.32. The van der Waals surface area contributed by atoms with Crippen molar-refractivity contribution in [3.05, 3.63) is 53.4 Å².